The third-order valence-corrected chi connectivity index (χ3v) is 11.4. The van der Waals surface area contributed by atoms with Crippen molar-refractivity contribution >= 4 is 34.4 Å². The number of hydrogen-bond acceptors (Lipinski definition) is 7. The third kappa shape index (κ3) is 6.41. The van der Waals surface area contributed by atoms with Gasteiger partial charge in [-0.25, -0.2) is 9.37 Å². The summed E-state index contributed by atoms with van der Waals surface area (Å²) in [5.74, 6) is -0.771. The first kappa shape index (κ1) is 32.6. The quantitative estimate of drug-likeness (QED) is 0.250. The van der Waals surface area contributed by atoms with Crippen LogP contribution in [0.25, 0.3) is 22.3 Å². The van der Waals surface area contributed by atoms with Gasteiger partial charge in [0.15, 0.2) is 11.6 Å². The smallest absolute Gasteiger partial charge is 0.254 e. The van der Waals surface area contributed by atoms with Crippen LogP contribution < -0.4 is 10.2 Å². The van der Waals surface area contributed by atoms with Crippen LogP contribution in [0.2, 0.25) is 0 Å². The fourth-order valence-electron chi connectivity index (χ4n) is 8.35. The molecule has 262 valence electrons. The van der Waals surface area contributed by atoms with Gasteiger partial charge in [-0.15, -0.1) is 0 Å². The second-order valence-electron chi connectivity index (χ2n) is 15.5. The van der Waals surface area contributed by atoms with E-state index in [1.807, 2.05) is 28.0 Å². The summed E-state index contributed by atoms with van der Waals surface area (Å²) in [4.78, 5) is 51.6. The zero-order valence-electron chi connectivity index (χ0n) is 28.9. The van der Waals surface area contributed by atoms with Gasteiger partial charge in [-0.3, -0.25) is 29.7 Å². The van der Waals surface area contributed by atoms with Crippen molar-refractivity contribution in [1.82, 2.24) is 35.3 Å². The first-order valence-electron chi connectivity index (χ1n) is 18.1. The maximum atomic E-state index is 15.2. The number of carbonyl (C=O) groups is 3. The van der Waals surface area contributed by atoms with E-state index in [4.69, 9.17) is 0 Å². The number of hydrogen-bond donors (Lipinski definition) is 3. The summed E-state index contributed by atoms with van der Waals surface area (Å²) in [5.41, 5.74) is 6.96. The summed E-state index contributed by atoms with van der Waals surface area (Å²) in [6.07, 6.45) is 7.23. The molecule has 0 saturated carbocycles. The number of piperidine rings is 2. The number of rotatable bonds is 6. The summed E-state index contributed by atoms with van der Waals surface area (Å²) >= 11 is 0. The van der Waals surface area contributed by atoms with Crippen LogP contribution in [-0.2, 0) is 22.4 Å². The number of aromatic amines is 2. The van der Waals surface area contributed by atoms with Gasteiger partial charge in [0.2, 0.25) is 11.8 Å². The number of aromatic nitrogens is 4. The highest BCUT2D eigenvalue weighted by Gasteiger charge is 2.32. The van der Waals surface area contributed by atoms with E-state index in [0.717, 1.165) is 74.0 Å². The molecule has 1 unspecified atom stereocenters. The highest BCUT2D eigenvalue weighted by atomic mass is 19.1. The van der Waals surface area contributed by atoms with E-state index >= 15 is 4.39 Å². The standard InChI is InChI=1S/C38H45FN8O3/c1-38(2)10-7-28-32(20-38)43-44-34(28)31-18-24-3-4-25(19-30(24)41-31)37(50)47-15-13-45(14-16-47)22-23-8-11-46(12-9-23)35-29(39)17-26(21-40-35)27-5-6-33(48)42-36(27)49/h3-4,17-19,21,23,27,41H,5-16,20,22H2,1-2H3,(H,43,44)(H,42,48,49). The lowest BCUT2D eigenvalue weighted by molar-refractivity contribution is -0.134. The van der Waals surface area contributed by atoms with Crippen molar-refractivity contribution < 1.29 is 18.8 Å². The number of nitrogens with zero attached hydrogens (tertiary/aromatic N) is 5. The molecule has 4 aliphatic rings. The van der Waals surface area contributed by atoms with E-state index in [-0.39, 0.29) is 29.6 Å². The first-order valence-corrected chi connectivity index (χ1v) is 18.1. The number of pyridine rings is 1. The van der Waals surface area contributed by atoms with Gasteiger partial charge in [0.25, 0.3) is 5.91 Å². The number of nitrogens with one attached hydrogen (secondary N) is 3. The van der Waals surface area contributed by atoms with Crippen molar-refractivity contribution in [1.29, 1.82) is 0 Å². The number of carbonyl (C=O) groups excluding carboxylic acids is 3. The number of amides is 3. The molecule has 0 spiro atoms. The van der Waals surface area contributed by atoms with Gasteiger partial charge in [-0.1, -0.05) is 19.9 Å². The first-order chi connectivity index (χ1) is 24.1. The number of imide groups is 1. The average Bonchev–Trinajstić information content (AvgIpc) is 3.71. The van der Waals surface area contributed by atoms with Crippen LogP contribution in [0.5, 0.6) is 0 Å². The van der Waals surface area contributed by atoms with Crippen molar-refractivity contribution in [2.75, 3.05) is 50.7 Å². The second kappa shape index (κ2) is 12.9. The van der Waals surface area contributed by atoms with Crippen LogP contribution >= 0.6 is 0 Å². The fraction of sp³-hybridized carbons (Fsp3) is 0.500. The van der Waals surface area contributed by atoms with Crippen molar-refractivity contribution in [2.24, 2.45) is 11.3 Å². The van der Waals surface area contributed by atoms with Gasteiger partial charge >= 0.3 is 0 Å². The monoisotopic (exact) mass is 680 g/mol. The molecule has 8 rings (SSSR count). The SMILES string of the molecule is CC1(C)CCc2c(-c3cc4ccc(C(=O)N5CCN(CC6CCN(c7ncc(C8CCC(=O)NC8=O)cc7F)CC6)CC5)cc4[nH]3)n[nH]c2C1. The maximum Gasteiger partial charge on any atom is 0.254 e. The van der Waals surface area contributed by atoms with E-state index in [9.17, 15) is 14.4 Å². The van der Waals surface area contributed by atoms with Crippen molar-refractivity contribution in [3.63, 3.8) is 0 Å². The molecule has 0 radical (unpaired) electrons. The lowest BCUT2D eigenvalue weighted by atomic mass is 9.76. The average molecular weight is 681 g/mol. The molecule has 3 N–H and O–H groups in total. The Morgan fingerprint density at radius 3 is 2.56 bits per heavy atom. The van der Waals surface area contributed by atoms with Crippen molar-refractivity contribution in [3.8, 4) is 11.4 Å². The van der Waals surface area contributed by atoms with Crippen molar-refractivity contribution in [2.45, 2.75) is 64.7 Å². The highest BCUT2D eigenvalue weighted by Crippen LogP contribution is 2.38. The highest BCUT2D eigenvalue weighted by molar-refractivity contribution is 6.01. The number of piperazine rings is 1. The van der Waals surface area contributed by atoms with Crippen LogP contribution in [-0.4, -0.2) is 93.5 Å². The van der Waals surface area contributed by atoms with Crippen LogP contribution in [0, 0.1) is 17.2 Å². The molecule has 3 amide bonds. The zero-order valence-corrected chi connectivity index (χ0v) is 28.9. The van der Waals surface area contributed by atoms with Gasteiger partial charge in [-0.05, 0) is 79.7 Å². The van der Waals surface area contributed by atoms with Crippen LogP contribution in [0.4, 0.5) is 10.2 Å². The molecule has 50 heavy (non-hydrogen) atoms. The van der Waals surface area contributed by atoms with Gasteiger partial charge < -0.3 is 14.8 Å². The fourth-order valence-corrected chi connectivity index (χ4v) is 8.35. The minimum absolute atomic E-state index is 0.0635. The Labute approximate surface area is 291 Å². The molecule has 4 aromatic rings. The lowest BCUT2D eigenvalue weighted by Crippen LogP contribution is -2.50. The molecule has 1 aliphatic carbocycles. The van der Waals surface area contributed by atoms with Gasteiger partial charge in [-0.2, -0.15) is 5.10 Å². The summed E-state index contributed by atoms with van der Waals surface area (Å²) < 4.78 is 15.2. The van der Waals surface area contributed by atoms with Gasteiger partial charge in [0, 0.05) is 86.2 Å². The largest absolute Gasteiger partial charge is 0.354 e. The number of H-pyrrole nitrogens is 2. The predicted molar refractivity (Wildman–Crippen MR) is 188 cm³/mol. The van der Waals surface area contributed by atoms with Crippen molar-refractivity contribution in [3.05, 3.63) is 64.7 Å². The van der Waals surface area contributed by atoms with Crippen LogP contribution in [0.3, 0.4) is 0 Å². The number of fused-ring (bicyclic) bond motifs is 2. The number of anilines is 1. The molecule has 3 aromatic heterocycles. The summed E-state index contributed by atoms with van der Waals surface area (Å²) in [5, 5.41) is 11.4. The van der Waals surface area contributed by atoms with Gasteiger partial charge in [0.05, 0.1) is 11.6 Å². The van der Waals surface area contributed by atoms with E-state index in [2.05, 4.69) is 50.3 Å². The number of halogens is 1. The van der Waals surface area contributed by atoms with E-state index in [1.54, 1.807) is 6.20 Å². The molecule has 1 atom stereocenters. The Bertz CT molecular complexity index is 1950. The normalized spacial score (nSPS) is 21.8. The van der Waals surface area contributed by atoms with E-state index < -0.39 is 11.7 Å². The molecule has 12 heteroatoms. The summed E-state index contributed by atoms with van der Waals surface area (Å²) in [6, 6.07) is 9.47. The third-order valence-electron chi connectivity index (χ3n) is 11.4. The van der Waals surface area contributed by atoms with E-state index in [0.29, 0.717) is 55.5 Å². The van der Waals surface area contributed by atoms with Crippen LogP contribution in [0.1, 0.15) is 79.0 Å². The molecule has 6 heterocycles. The Morgan fingerprint density at radius 2 is 1.80 bits per heavy atom. The Morgan fingerprint density at radius 1 is 1.00 bits per heavy atom. The molecule has 1 aromatic carbocycles. The van der Waals surface area contributed by atoms with Crippen LogP contribution in [0.15, 0.2) is 36.5 Å². The molecule has 3 aliphatic heterocycles. The predicted octanol–water partition coefficient (Wildman–Crippen LogP) is 4.80. The summed E-state index contributed by atoms with van der Waals surface area (Å²) in [6.45, 7) is 10.1. The summed E-state index contributed by atoms with van der Waals surface area (Å²) in [7, 11) is 0. The number of benzene rings is 1. The molecular weight excluding hydrogens is 635 g/mol. The second-order valence-corrected chi connectivity index (χ2v) is 15.5. The molecule has 0 bridgehead atoms. The molecule has 11 nitrogen and oxygen atoms in total. The molecule has 3 fully saturated rings. The van der Waals surface area contributed by atoms with E-state index in [1.165, 1.54) is 17.3 Å². The maximum absolute atomic E-state index is 15.2. The molecular formula is C38H45FN8O3. The minimum Gasteiger partial charge on any atom is -0.354 e. The molecule has 3 saturated heterocycles. The minimum atomic E-state index is -0.549. The Balaban J connectivity index is 0.829. The Kier molecular flexibility index (Phi) is 8.45. The Hall–Kier alpha value is -4.58. The van der Waals surface area contributed by atoms with Gasteiger partial charge in [0.1, 0.15) is 5.69 Å². The topological polar surface area (TPSA) is 130 Å². The lowest BCUT2D eigenvalue weighted by Gasteiger charge is -2.39. The zero-order chi connectivity index (χ0) is 34.6.